The van der Waals surface area contributed by atoms with Gasteiger partial charge in [0, 0.05) is 18.0 Å². The largest absolute Gasteiger partial charge is 0.485 e. The van der Waals surface area contributed by atoms with Crippen molar-refractivity contribution in [3.8, 4) is 5.75 Å². The number of hydrogen-bond donors (Lipinski definition) is 1. The Hall–Kier alpha value is -1.80. The van der Waals surface area contributed by atoms with E-state index in [4.69, 9.17) is 4.74 Å². The molecule has 3 rings (SSSR count). The zero-order valence-corrected chi connectivity index (χ0v) is 12.1. The van der Waals surface area contributed by atoms with Crippen molar-refractivity contribution in [2.75, 3.05) is 6.54 Å². The molecular weight excluding hydrogens is 246 g/mol. The van der Waals surface area contributed by atoms with E-state index in [9.17, 15) is 0 Å². The molecule has 20 heavy (non-hydrogen) atoms. The van der Waals surface area contributed by atoms with Crippen molar-refractivity contribution in [1.29, 1.82) is 0 Å². The Balaban J connectivity index is 1.91. The van der Waals surface area contributed by atoms with Gasteiger partial charge in [-0.2, -0.15) is 0 Å². The van der Waals surface area contributed by atoms with E-state index in [-0.39, 0.29) is 6.10 Å². The molecule has 1 aliphatic rings. The van der Waals surface area contributed by atoms with Crippen LogP contribution in [0.2, 0.25) is 0 Å². The first-order valence-corrected chi connectivity index (χ1v) is 7.33. The van der Waals surface area contributed by atoms with Crippen LogP contribution in [0.1, 0.15) is 42.2 Å². The lowest BCUT2D eigenvalue weighted by Crippen LogP contribution is -2.28. The molecule has 104 valence electrons. The van der Waals surface area contributed by atoms with Crippen molar-refractivity contribution >= 4 is 0 Å². The Morgan fingerprint density at radius 1 is 1.10 bits per heavy atom. The molecule has 1 N–H and O–H groups in total. The molecule has 0 saturated heterocycles. The Bertz CT molecular complexity index is 576. The maximum Gasteiger partial charge on any atom is 0.126 e. The van der Waals surface area contributed by atoms with Crippen molar-refractivity contribution < 1.29 is 4.74 Å². The fourth-order valence-electron chi connectivity index (χ4n) is 2.84. The third-order valence-electron chi connectivity index (χ3n) is 3.91. The summed E-state index contributed by atoms with van der Waals surface area (Å²) < 4.78 is 6.19. The maximum absolute atomic E-state index is 6.19. The lowest BCUT2D eigenvalue weighted by molar-refractivity contribution is 0.152. The molecule has 2 nitrogen and oxygen atoms in total. The van der Waals surface area contributed by atoms with Crippen LogP contribution in [0.4, 0.5) is 0 Å². The summed E-state index contributed by atoms with van der Waals surface area (Å²) in [6.07, 6.45) is 1.11. The molecule has 0 radical (unpaired) electrons. The maximum atomic E-state index is 6.19. The predicted octanol–water partition coefficient (Wildman–Crippen LogP) is 4.17. The second-order valence-electron chi connectivity index (χ2n) is 5.40. The molecule has 2 heteroatoms. The number of ether oxygens (including phenoxy) is 1. The Morgan fingerprint density at radius 2 is 1.85 bits per heavy atom. The van der Waals surface area contributed by atoms with Crippen molar-refractivity contribution in [2.24, 2.45) is 0 Å². The van der Waals surface area contributed by atoms with E-state index in [0.717, 1.165) is 18.7 Å². The Morgan fingerprint density at radius 3 is 2.60 bits per heavy atom. The number of fused-ring (bicyclic) bond motifs is 1. The molecule has 2 unspecified atom stereocenters. The number of para-hydroxylation sites is 1. The molecule has 2 aromatic rings. The highest BCUT2D eigenvalue weighted by Gasteiger charge is 2.28. The van der Waals surface area contributed by atoms with Crippen LogP contribution in [0.15, 0.2) is 48.5 Å². The summed E-state index contributed by atoms with van der Waals surface area (Å²) in [5.41, 5.74) is 3.82. The average molecular weight is 267 g/mol. The van der Waals surface area contributed by atoms with Crippen LogP contribution in [0, 0.1) is 6.92 Å². The number of nitrogens with one attached hydrogen (secondary N) is 1. The quantitative estimate of drug-likeness (QED) is 0.901. The number of rotatable bonds is 3. The second kappa shape index (κ2) is 5.68. The van der Waals surface area contributed by atoms with E-state index in [1.807, 2.05) is 6.07 Å². The zero-order valence-electron chi connectivity index (χ0n) is 12.1. The molecule has 1 heterocycles. The van der Waals surface area contributed by atoms with Crippen LogP contribution < -0.4 is 10.1 Å². The van der Waals surface area contributed by atoms with E-state index in [0.29, 0.717) is 6.04 Å². The van der Waals surface area contributed by atoms with E-state index >= 15 is 0 Å². The Labute approximate surface area is 120 Å². The smallest absolute Gasteiger partial charge is 0.126 e. The van der Waals surface area contributed by atoms with E-state index < -0.39 is 0 Å². The Kier molecular flexibility index (Phi) is 3.75. The third-order valence-corrected chi connectivity index (χ3v) is 3.91. The summed E-state index contributed by atoms with van der Waals surface area (Å²) in [4.78, 5) is 0. The van der Waals surface area contributed by atoms with Crippen LogP contribution in [0.5, 0.6) is 5.75 Å². The summed E-state index contributed by atoms with van der Waals surface area (Å²) in [6.45, 7) is 5.24. The first-order chi connectivity index (χ1) is 9.78. The van der Waals surface area contributed by atoms with E-state index in [1.165, 1.54) is 16.7 Å². The topological polar surface area (TPSA) is 21.3 Å². The van der Waals surface area contributed by atoms with Gasteiger partial charge in [-0.25, -0.2) is 0 Å². The molecular formula is C18H21NO. The van der Waals surface area contributed by atoms with Gasteiger partial charge in [0.2, 0.25) is 0 Å². The standard InChI is InChI=1S/C18H21NO/c1-3-19-16-12-18(14-10-8-13(2)9-11-14)20-17-7-5-4-6-15(16)17/h4-11,16,18-19H,3,12H2,1-2H3. The van der Waals surface area contributed by atoms with Crippen LogP contribution in [-0.2, 0) is 0 Å². The molecule has 0 spiro atoms. The van der Waals surface area contributed by atoms with Gasteiger partial charge in [-0.3, -0.25) is 0 Å². The van der Waals surface area contributed by atoms with Crippen molar-refractivity contribution in [3.05, 3.63) is 65.2 Å². The lowest BCUT2D eigenvalue weighted by Gasteiger charge is -2.33. The van der Waals surface area contributed by atoms with Crippen LogP contribution >= 0.6 is 0 Å². The van der Waals surface area contributed by atoms with Gasteiger partial charge in [0.15, 0.2) is 0 Å². The monoisotopic (exact) mass is 267 g/mol. The molecule has 0 aromatic heterocycles. The van der Waals surface area contributed by atoms with Crippen LogP contribution in [0.25, 0.3) is 0 Å². The van der Waals surface area contributed by atoms with Crippen molar-refractivity contribution in [3.63, 3.8) is 0 Å². The first-order valence-electron chi connectivity index (χ1n) is 7.33. The van der Waals surface area contributed by atoms with Gasteiger partial charge in [-0.05, 0) is 25.1 Å². The zero-order chi connectivity index (χ0) is 13.9. The first kappa shape index (κ1) is 13.2. The van der Waals surface area contributed by atoms with Crippen molar-refractivity contribution in [2.45, 2.75) is 32.4 Å². The molecule has 0 fully saturated rings. The number of hydrogen-bond acceptors (Lipinski definition) is 2. The molecule has 0 bridgehead atoms. The lowest BCUT2D eigenvalue weighted by atomic mass is 9.92. The summed E-state index contributed by atoms with van der Waals surface area (Å²) in [5, 5.41) is 3.57. The SMILES string of the molecule is CCNC1CC(c2ccc(C)cc2)Oc2ccccc21. The third kappa shape index (κ3) is 2.56. The molecule has 0 saturated carbocycles. The normalized spacial score (nSPS) is 21.1. The molecule has 0 amide bonds. The van der Waals surface area contributed by atoms with E-state index in [1.54, 1.807) is 0 Å². The molecule has 1 aliphatic heterocycles. The molecule has 0 aliphatic carbocycles. The minimum Gasteiger partial charge on any atom is -0.485 e. The second-order valence-corrected chi connectivity index (χ2v) is 5.40. The number of benzene rings is 2. The van der Waals surface area contributed by atoms with Gasteiger partial charge in [-0.1, -0.05) is 55.0 Å². The van der Waals surface area contributed by atoms with Gasteiger partial charge in [0.05, 0.1) is 0 Å². The minimum absolute atomic E-state index is 0.134. The highest BCUT2D eigenvalue weighted by Crippen LogP contribution is 2.40. The highest BCUT2D eigenvalue weighted by atomic mass is 16.5. The van der Waals surface area contributed by atoms with E-state index in [2.05, 4.69) is 61.6 Å². The molecule has 2 aromatic carbocycles. The van der Waals surface area contributed by atoms with Gasteiger partial charge in [0.1, 0.15) is 11.9 Å². The average Bonchev–Trinajstić information content (AvgIpc) is 2.48. The molecule has 2 atom stereocenters. The summed E-state index contributed by atoms with van der Waals surface area (Å²) in [6, 6.07) is 17.4. The summed E-state index contributed by atoms with van der Waals surface area (Å²) in [5.74, 6) is 1.01. The van der Waals surface area contributed by atoms with Gasteiger partial charge < -0.3 is 10.1 Å². The van der Waals surface area contributed by atoms with Gasteiger partial charge in [0.25, 0.3) is 0 Å². The summed E-state index contributed by atoms with van der Waals surface area (Å²) in [7, 11) is 0. The van der Waals surface area contributed by atoms with Crippen LogP contribution in [-0.4, -0.2) is 6.54 Å². The highest BCUT2D eigenvalue weighted by molar-refractivity contribution is 5.39. The van der Waals surface area contributed by atoms with Crippen LogP contribution in [0.3, 0.4) is 0 Å². The fraction of sp³-hybridized carbons (Fsp3) is 0.333. The summed E-state index contributed by atoms with van der Waals surface area (Å²) >= 11 is 0. The predicted molar refractivity (Wildman–Crippen MR) is 82.0 cm³/mol. The number of aryl methyl sites for hydroxylation is 1. The van der Waals surface area contributed by atoms with Gasteiger partial charge >= 0.3 is 0 Å². The van der Waals surface area contributed by atoms with Gasteiger partial charge in [-0.15, -0.1) is 0 Å². The van der Waals surface area contributed by atoms with Crippen molar-refractivity contribution in [1.82, 2.24) is 5.32 Å². The fourth-order valence-corrected chi connectivity index (χ4v) is 2.84. The minimum atomic E-state index is 0.134.